The van der Waals surface area contributed by atoms with Crippen LogP contribution in [-0.2, 0) is 9.53 Å². The van der Waals surface area contributed by atoms with Crippen LogP contribution in [0.25, 0.3) is 0 Å². The van der Waals surface area contributed by atoms with Gasteiger partial charge in [-0.3, -0.25) is 0 Å². The van der Waals surface area contributed by atoms with Crippen LogP contribution in [0.2, 0.25) is 0 Å². The molecule has 0 saturated heterocycles. The van der Waals surface area contributed by atoms with Crippen LogP contribution in [-0.4, -0.2) is 12.6 Å². The van der Waals surface area contributed by atoms with E-state index in [0.717, 1.165) is 32.1 Å². The van der Waals surface area contributed by atoms with Gasteiger partial charge >= 0.3 is 5.97 Å². The van der Waals surface area contributed by atoms with Gasteiger partial charge in [-0.1, -0.05) is 75.6 Å². The Morgan fingerprint density at radius 3 is 2.04 bits per heavy atom. The van der Waals surface area contributed by atoms with E-state index in [0.29, 0.717) is 6.61 Å². The number of hydrogen-bond donors (Lipinski definition) is 0. The van der Waals surface area contributed by atoms with E-state index in [1.165, 1.54) is 38.2 Å². The van der Waals surface area contributed by atoms with Gasteiger partial charge in [0.2, 0.25) is 0 Å². The van der Waals surface area contributed by atoms with Crippen molar-refractivity contribution in [2.75, 3.05) is 6.61 Å². The lowest BCUT2D eigenvalue weighted by Gasteiger charge is -2.02. The second-order valence-corrected chi connectivity index (χ2v) is 5.58. The number of esters is 1. The van der Waals surface area contributed by atoms with Gasteiger partial charge in [-0.15, -0.1) is 0 Å². The second kappa shape index (κ2) is 18.5. The molecule has 0 aliphatic rings. The average molecular weight is 319 g/mol. The predicted octanol–water partition coefficient (Wildman–Crippen LogP) is 6.31. The van der Waals surface area contributed by atoms with Crippen LogP contribution in [0.4, 0.5) is 0 Å². The minimum Gasteiger partial charge on any atom is -0.463 e. The lowest BCUT2D eigenvalue weighted by molar-refractivity contribution is -0.137. The Morgan fingerprint density at radius 2 is 1.39 bits per heavy atom. The van der Waals surface area contributed by atoms with Gasteiger partial charge in [0.1, 0.15) is 0 Å². The molecule has 0 bridgehead atoms. The summed E-state index contributed by atoms with van der Waals surface area (Å²) in [6, 6.07) is 0. The van der Waals surface area contributed by atoms with Crippen molar-refractivity contribution in [2.24, 2.45) is 0 Å². The zero-order chi connectivity index (χ0) is 17.0. The van der Waals surface area contributed by atoms with Crippen molar-refractivity contribution in [3.8, 4) is 0 Å². The van der Waals surface area contributed by atoms with Gasteiger partial charge in [0, 0.05) is 6.08 Å². The Morgan fingerprint density at radius 1 is 0.826 bits per heavy atom. The van der Waals surface area contributed by atoms with Crippen LogP contribution in [0.5, 0.6) is 0 Å². The van der Waals surface area contributed by atoms with Crippen molar-refractivity contribution in [2.45, 2.75) is 71.1 Å². The molecule has 0 heterocycles. The third kappa shape index (κ3) is 18.4. The number of carbonyl (C=O) groups excluding carboxylic acids is 1. The van der Waals surface area contributed by atoms with Crippen LogP contribution < -0.4 is 0 Å². The summed E-state index contributed by atoms with van der Waals surface area (Å²) in [4.78, 5) is 10.8. The minimum absolute atomic E-state index is 0.316. The molecular formula is C21H34O2. The van der Waals surface area contributed by atoms with Crippen LogP contribution in [0.15, 0.2) is 49.1 Å². The van der Waals surface area contributed by atoms with E-state index < -0.39 is 0 Å². The zero-order valence-electron chi connectivity index (χ0n) is 14.8. The van der Waals surface area contributed by atoms with Gasteiger partial charge in [0.05, 0.1) is 6.61 Å². The maximum absolute atomic E-state index is 10.8. The maximum atomic E-state index is 10.8. The predicted molar refractivity (Wildman–Crippen MR) is 100 cm³/mol. The first-order valence-corrected chi connectivity index (χ1v) is 9.05. The summed E-state index contributed by atoms with van der Waals surface area (Å²) in [5, 5.41) is 0. The first-order valence-electron chi connectivity index (χ1n) is 9.05. The Balaban J connectivity index is 3.23. The standard InChI is InChI=1S/C21H34O2/c1-3-5-6-7-8-9-10-11-12-13-14-15-16-17-18-19-20-23-21(22)4-2/h4-6,8-9,11-12H,2-3,7,10,13-20H2,1H3/b6-5-,9-8-,12-11-. The molecule has 0 rings (SSSR count). The fourth-order valence-corrected chi connectivity index (χ4v) is 2.13. The van der Waals surface area contributed by atoms with E-state index in [1.807, 2.05) is 0 Å². The highest BCUT2D eigenvalue weighted by molar-refractivity contribution is 5.81. The molecule has 0 aromatic carbocycles. The highest BCUT2D eigenvalue weighted by Gasteiger charge is 1.95. The fraction of sp³-hybridized carbons (Fsp3) is 0.571. The van der Waals surface area contributed by atoms with Crippen molar-refractivity contribution < 1.29 is 9.53 Å². The molecular weight excluding hydrogens is 284 g/mol. The highest BCUT2D eigenvalue weighted by atomic mass is 16.5. The van der Waals surface area contributed by atoms with Gasteiger partial charge in [-0.05, 0) is 38.5 Å². The lowest BCUT2D eigenvalue weighted by atomic mass is 10.1. The van der Waals surface area contributed by atoms with E-state index in [1.54, 1.807) is 0 Å². The van der Waals surface area contributed by atoms with E-state index in [4.69, 9.17) is 4.74 Å². The summed E-state index contributed by atoms with van der Waals surface area (Å²) in [6.07, 6.45) is 26.2. The van der Waals surface area contributed by atoms with E-state index in [9.17, 15) is 4.79 Å². The Hall–Kier alpha value is -1.57. The largest absolute Gasteiger partial charge is 0.463 e. The number of ether oxygens (including phenoxy) is 1. The van der Waals surface area contributed by atoms with Crippen molar-refractivity contribution in [1.82, 2.24) is 0 Å². The van der Waals surface area contributed by atoms with Crippen LogP contribution in [0.1, 0.15) is 71.1 Å². The van der Waals surface area contributed by atoms with Gasteiger partial charge in [0.15, 0.2) is 0 Å². The molecule has 0 spiro atoms. The molecule has 23 heavy (non-hydrogen) atoms. The number of unbranched alkanes of at least 4 members (excludes halogenated alkanes) is 6. The quantitative estimate of drug-likeness (QED) is 0.153. The summed E-state index contributed by atoms with van der Waals surface area (Å²) < 4.78 is 4.93. The van der Waals surface area contributed by atoms with Crippen molar-refractivity contribution in [1.29, 1.82) is 0 Å². The lowest BCUT2D eigenvalue weighted by Crippen LogP contribution is -2.01. The number of rotatable bonds is 15. The first kappa shape index (κ1) is 21.4. The van der Waals surface area contributed by atoms with Gasteiger partial charge in [-0.25, -0.2) is 4.79 Å². The summed E-state index contributed by atoms with van der Waals surface area (Å²) in [6.45, 7) is 6.05. The zero-order valence-corrected chi connectivity index (χ0v) is 14.8. The average Bonchev–Trinajstić information content (AvgIpc) is 2.57. The molecule has 0 aliphatic heterocycles. The molecule has 2 heteroatoms. The normalized spacial score (nSPS) is 11.7. The molecule has 0 radical (unpaired) electrons. The molecule has 0 aliphatic carbocycles. The maximum Gasteiger partial charge on any atom is 0.330 e. The number of carbonyl (C=O) groups is 1. The van der Waals surface area contributed by atoms with Gasteiger partial charge in [-0.2, -0.15) is 0 Å². The molecule has 0 atom stereocenters. The summed E-state index contributed by atoms with van der Waals surface area (Å²) in [5.74, 6) is -0.316. The number of allylic oxidation sites excluding steroid dienone is 6. The molecule has 130 valence electrons. The third-order valence-electron chi connectivity index (χ3n) is 3.46. The minimum atomic E-state index is -0.316. The van der Waals surface area contributed by atoms with Crippen LogP contribution in [0, 0.1) is 0 Å². The van der Waals surface area contributed by atoms with Crippen LogP contribution in [0.3, 0.4) is 0 Å². The second-order valence-electron chi connectivity index (χ2n) is 5.58. The van der Waals surface area contributed by atoms with Gasteiger partial charge < -0.3 is 4.74 Å². The van der Waals surface area contributed by atoms with Crippen molar-refractivity contribution in [3.63, 3.8) is 0 Å². The van der Waals surface area contributed by atoms with Crippen molar-refractivity contribution >= 4 is 5.97 Å². The fourth-order valence-electron chi connectivity index (χ4n) is 2.13. The smallest absolute Gasteiger partial charge is 0.330 e. The molecule has 2 nitrogen and oxygen atoms in total. The Kier molecular flexibility index (Phi) is 17.2. The molecule has 0 amide bonds. The summed E-state index contributed by atoms with van der Waals surface area (Å²) >= 11 is 0. The molecule has 0 aromatic rings. The first-order chi connectivity index (χ1) is 11.3. The molecule has 0 aromatic heterocycles. The van der Waals surface area contributed by atoms with Crippen molar-refractivity contribution in [3.05, 3.63) is 49.1 Å². The van der Waals surface area contributed by atoms with E-state index >= 15 is 0 Å². The molecule has 0 N–H and O–H groups in total. The third-order valence-corrected chi connectivity index (χ3v) is 3.46. The van der Waals surface area contributed by atoms with Crippen LogP contribution >= 0.6 is 0 Å². The SMILES string of the molecule is C=CC(=O)OCCCCCCCC/C=C\C/C=C\C/C=C\CC. The monoisotopic (exact) mass is 318 g/mol. The van der Waals surface area contributed by atoms with Gasteiger partial charge in [0.25, 0.3) is 0 Å². The topological polar surface area (TPSA) is 26.3 Å². The highest BCUT2D eigenvalue weighted by Crippen LogP contribution is 2.08. The molecule has 0 fully saturated rings. The summed E-state index contributed by atoms with van der Waals surface area (Å²) in [7, 11) is 0. The Bertz CT molecular complexity index is 364. The summed E-state index contributed by atoms with van der Waals surface area (Å²) in [5.41, 5.74) is 0. The van der Waals surface area contributed by atoms with E-state index in [-0.39, 0.29) is 5.97 Å². The van der Waals surface area contributed by atoms with E-state index in [2.05, 4.69) is 50.0 Å². The number of hydrogen-bond acceptors (Lipinski definition) is 2. The Labute approximate surface area is 143 Å². The molecule has 0 unspecified atom stereocenters. The molecule has 0 saturated carbocycles.